The molecule has 2 rings (SSSR count). The number of carboxylic acids is 1. The van der Waals surface area contributed by atoms with Crippen LogP contribution in [0.1, 0.15) is 24.0 Å². The van der Waals surface area contributed by atoms with E-state index in [4.69, 9.17) is 21.4 Å². The molecule has 98 valence electrons. The van der Waals surface area contributed by atoms with Crippen LogP contribution < -0.4 is 0 Å². The highest BCUT2D eigenvalue weighted by Gasteiger charge is 2.54. The molecule has 0 aromatic heterocycles. The Morgan fingerprint density at radius 3 is 2.56 bits per heavy atom. The summed E-state index contributed by atoms with van der Waals surface area (Å²) in [7, 11) is 1.33. The lowest BCUT2D eigenvalue weighted by molar-refractivity contribution is -0.140. The number of benzene rings is 1. The molecule has 0 radical (unpaired) electrons. The van der Waals surface area contributed by atoms with Gasteiger partial charge in [0.15, 0.2) is 11.6 Å². The maximum atomic E-state index is 13.9. The van der Waals surface area contributed by atoms with Gasteiger partial charge < -0.3 is 9.84 Å². The minimum atomic E-state index is -1.32. The van der Waals surface area contributed by atoms with Gasteiger partial charge in [-0.2, -0.15) is 0 Å². The lowest BCUT2D eigenvalue weighted by atomic mass is 9.94. The highest BCUT2D eigenvalue weighted by Crippen LogP contribution is 2.50. The van der Waals surface area contributed by atoms with Gasteiger partial charge in [-0.3, -0.25) is 4.79 Å². The van der Waals surface area contributed by atoms with Gasteiger partial charge in [-0.25, -0.2) is 8.78 Å². The molecular formula is C12H11ClF2O3. The first kappa shape index (κ1) is 13.2. The summed E-state index contributed by atoms with van der Waals surface area (Å²) in [6, 6.07) is 1.19. The fraction of sp³-hybridized carbons (Fsp3) is 0.417. The minimum Gasteiger partial charge on any atom is -0.481 e. The van der Waals surface area contributed by atoms with Crippen molar-refractivity contribution in [3.05, 3.63) is 33.9 Å². The van der Waals surface area contributed by atoms with Crippen molar-refractivity contribution >= 4 is 17.6 Å². The SMILES string of the molecule is COCc1c(Cl)cc(C2(C(=O)O)CC2)c(F)c1F. The second-order valence-electron chi connectivity index (χ2n) is 4.33. The van der Waals surface area contributed by atoms with Crippen LogP contribution in [-0.2, 0) is 21.6 Å². The summed E-state index contributed by atoms with van der Waals surface area (Å²) in [5.74, 6) is -3.44. The molecule has 0 atom stereocenters. The van der Waals surface area contributed by atoms with Gasteiger partial charge in [0, 0.05) is 23.3 Å². The first-order chi connectivity index (χ1) is 8.44. The molecule has 0 unspecified atom stereocenters. The Labute approximate surface area is 107 Å². The van der Waals surface area contributed by atoms with Crippen LogP contribution in [0.15, 0.2) is 6.07 Å². The van der Waals surface area contributed by atoms with Crippen molar-refractivity contribution in [2.45, 2.75) is 24.9 Å². The zero-order valence-electron chi connectivity index (χ0n) is 9.60. The Bertz CT molecular complexity index is 513. The number of aliphatic carboxylic acids is 1. The molecule has 0 saturated heterocycles. The van der Waals surface area contributed by atoms with E-state index in [9.17, 15) is 13.6 Å². The van der Waals surface area contributed by atoms with Gasteiger partial charge in [-0.1, -0.05) is 11.6 Å². The summed E-state index contributed by atoms with van der Waals surface area (Å²) in [4.78, 5) is 11.1. The highest BCUT2D eigenvalue weighted by atomic mass is 35.5. The number of halogens is 3. The molecule has 6 heteroatoms. The Hall–Kier alpha value is -1.20. The van der Waals surface area contributed by atoms with Crippen molar-refractivity contribution in [1.29, 1.82) is 0 Å². The van der Waals surface area contributed by atoms with E-state index >= 15 is 0 Å². The van der Waals surface area contributed by atoms with Crippen LogP contribution in [0.4, 0.5) is 8.78 Å². The average molecular weight is 277 g/mol. The first-order valence-electron chi connectivity index (χ1n) is 5.33. The number of rotatable bonds is 4. The third-order valence-electron chi connectivity index (χ3n) is 3.22. The van der Waals surface area contributed by atoms with Crippen LogP contribution in [-0.4, -0.2) is 18.2 Å². The van der Waals surface area contributed by atoms with E-state index in [1.54, 1.807) is 0 Å². The molecule has 0 spiro atoms. The zero-order valence-corrected chi connectivity index (χ0v) is 10.4. The second-order valence-corrected chi connectivity index (χ2v) is 4.74. The Balaban J connectivity index is 2.55. The van der Waals surface area contributed by atoms with Crippen molar-refractivity contribution in [1.82, 2.24) is 0 Å². The molecular weight excluding hydrogens is 266 g/mol. The van der Waals surface area contributed by atoms with Gasteiger partial charge in [-0.05, 0) is 18.9 Å². The molecule has 1 N–H and O–H groups in total. The van der Waals surface area contributed by atoms with E-state index in [-0.39, 0.29) is 22.8 Å². The molecule has 1 aromatic carbocycles. The van der Waals surface area contributed by atoms with Crippen molar-refractivity contribution in [3.8, 4) is 0 Å². The first-order valence-corrected chi connectivity index (χ1v) is 5.71. The molecule has 18 heavy (non-hydrogen) atoms. The van der Waals surface area contributed by atoms with E-state index in [0.717, 1.165) is 0 Å². The van der Waals surface area contributed by atoms with Crippen LogP contribution in [0.25, 0.3) is 0 Å². The van der Waals surface area contributed by atoms with Crippen molar-refractivity contribution < 1.29 is 23.4 Å². The molecule has 0 bridgehead atoms. The third-order valence-corrected chi connectivity index (χ3v) is 3.55. The minimum absolute atomic E-state index is 0.0155. The Morgan fingerprint density at radius 1 is 1.50 bits per heavy atom. The predicted octanol–water partition coefficient (Wildman–Crippen LogP) is 2.88. The highest BCUT2D eigenvalue weighted by molar-refractivity contribution is 6.31. The molecule has 1 aliphatic carbocycles. The van der Waals surface area contributed by atoms with Gasteiger partial charge in [0.25, 0.3) is 0 Å². The fourth-order valence-corrected chi connectivity index (χ4v) is 2.23. The molecule has 0 amide bonds. The third kappa shape index (κ3) is 1.87. The largest absolute Gasteiger partial charge is 0.481 e. The number of hydrogen-bond donors (Lipinski definition) is 1. The summed E-state index contributed by atoms with van der Waals surface area (Å²) in [5.41, 5.74) is -1.60. The normalized spacial score (nSPS) is 16.7. The molecule has 3 nitrogen and oxygen atoms in total. The van der Waals surface area contributed by atoms with E-state index in [2.05, 4.69) is 0 Å². The van der Waals surface area contributed by atoms with Crippen LogP contribution in [0.2, 0.25) is 5.02 Å². The smallest absolute Gasteiger partial charge is 0.314 e. The van der Waals surface area contributed by atoms with Crippen LogP contribution in [0, 0.1) is 11.6 Å². The van der Waals surface area contributed by atoms with Gasteiger partial charge in [0.2, 0.25) is 0 Å². The number of carboxylic acid groups (broad SMARTS) is 1. The van der Waals surface area contributed by atoms with Gasteiger partial charge in [0.1, 0.15) is 0 Å². The molecule has 1 aromatic rings. The number of hydrogen-bond acceptors (Lipinski definition) is 2. The van der Waals surface area contributed by atoms with Gasteiger partial charge >= 0.3 is 5.97 Å². The second kappa shape index (κ2) is 4.48. The topological polar surface area (TPSA) is 46.5 Å². The number of carbonyl (C=O) groups is 1. The standard InChI is InChI=1S/C12H11ClF2O3/c1-18-5-6-8(13)4-7(10(15)9(6)14)12(2-3-12)11(16)17/h4H,2-3,5H2,1H3,(H,16,17). The van der Waals surface area contributed by atoms with E-state index in [0.29, 0.717) is 12.8 Å². The Kier molecular flexibility index (Phi) is 3.29. The van der Waals surface area contributed by atoms with Crippen LogP contribution in [0.5, 0.6) is 0 Å². The maximum Gasteiger partial charge on any atom is 0.314 e. The lowest BCUT2D eigenvalue weighted by Gasteiger charge is -2.15. The monoisotopic (exact) mass is 276 g/mol. The Morgan fingerprint density at radius 2 is 2.11 bits per heavy atom. The summed E-state index contributed by atoms with van der Waals surface area (Å²) in [6.45, 7) is -0.165. The molecule has 1 aliphatic rings. The van der Waals surface area contributed by atoms with Crippen molar-refractivity contribution in [2.75, 3.05) is 7.11 Å². The van der Waals surface area contributed by atoms with E-state index < -0.39 is 23.0 Å². The van der Waals surface area contributed by atoms with Crippen molar-refractivity contribution in [3.63, 3.8) is 0 Å². The van der Waals surface area contributed by atoms with Gasteiger partial charge in [0.05, 0.1) is 12.0 Å². The maximum absolute atomic E-state index is 13.9. The summed E-state index contributed by atoms with van der Waals surface area (Å²) in [6.07, 6.45) is 0.581. The number of ether oxygens (including phenoxy) is 1. The lowest BCUT2D eigenvalue weighted by Crippen LogP contribution is -2.22. The summed E-state index contributed by atoms with van der Waals surface area (Å²) >= 11 is 5.84. The zero-order chi connectivity index (χ0) is 13.5. The van der Waals surface area contributed by atoms with Gasteiger partial charge in [-0.15, -0.1) is 0 Å². The molecule has 1 saturated carbocycles. The summed E-state index contributed by atoms with van der Waals surface area (Å²) < 4.78 is 32.4. The molecule has 0 aliphatic heterocycles. The molecule has 0 heterocycles. The van der Waals surface area contributed by atoms with E-state index in [1.807, 2.05) is 0 Å². The number of methoxy groups -OCH3 is 1. The fourth-order valence-electron chi connectivity index (χ4n) is 1.98. The van der Waals surface area contributed by atoms with E-state index in [1.165, 1.54) is 13.2 Å². The van der Waals surface area contributed by atoms with Crippen molar-refractivity contribution in [2.24, 2.45) is 0 Å². The average Bonchev–Trinajstić information content (AvgIpc) is 3.10. The predicted molar refractivity (Wildman–Crippen MR) is 60.6 cm³/mol. The van der Waals surface area contributed by atoms with Crippen LogP contribution in [0.3, 0.4) is 0 Å². The quantitative estimate of drug-likeness (QED) is 0.860. The van der Waals surface area contributed by atoms with Crippen LogP contribution >= 0.6 is 11.6 Å². The summed E-state index contributed by atoms with van der Waals surface area (Å²) in [5, 5.41) is 9.06. The molecule has 1 fully saturated rings.